The largest absolute Gasteiger partial charge is 0.372 e. The number of likely N-dealkylation sites (tertiary alicyclic amines) is 1. The maximum atomic E-state index is 13.2. The van der Waals surface area contributed by atoms with Crippen LogP contribution in [-0.2, 0) is 30.7 Å². The summed E-state index contributed by atoms with van der Waals surface area (Å²) in [6, 6.07) is 7.11. The van der Waals surface area contributed by atoms with E-state index in [9.17, 15) is 18.0 Å². The predicted octanol–water partition coefficient (Wildman–Crippen LogP) is 1.67. The lowest BCUT2D eigenvalue weighted by Crippen LogP contribution is -2.49. The van der Waals surface area contributed by atoms with Crippen LogP contribution in [0, 0.1) is 0 Å². The van der Waals surface area contributed by atoms with Crippen molar-refractivity contribution in [3.8, 4) is 0 Å². The Hall–Kier alpha value is -2.39. The van der Waals surface area contributed by atoms with Gasteiger partial charge in [0.25, 0.3) is 0 Å². The number of morpholine rings is 1. The summed E-state index contributed by atoms with van der Waals surface area (Å²) in [6.45, 7) is 6.07. The molecule has 0 radical (unpaired) electrons. The number of carbonyl (C=O) groups excluding carboxylic acids is 2. The number of rotatable bonds is 5. The van der Waals surface area contributed by atoms with E-state index in [1.54, 1.807) is 27.7 Å². The molecule has 0 spiro atoms. The number of ether oxygens (including phenoxy) is 1. The van der Waals surface area contributed by atoms with Crippen LogP contribution in [0.4, 0.5) is 0 Å². The molecule has 0 bridgehead atoms. The highest BCUT2D eigenvalue weighted by molar-refractivity contribution is 7.92. The molecule has 9 heteroatoms. The van der Waals surface area contributed by atoms with E-state index in [1.807, 2.05) is 24.8 Å². The fraction of sp³-hybridized carbons (Fsp3) is 0.545. The van der Waals surface area contributed by atoms with Gasteiger partial charge in [0, 0.05) is 43.3 Å². The SMILES string of the molecule is C[C@H]1CN(C(=O)CS(=O)(=O)c2cn(CC(=O)N3CCCC3)c3ccccc23)C[C@H](C)O1. The van der Waals surface area contributed by atoms with Crippen LogP contribution in [-0.4, -0.2) is 78.7 Å². The minimum absolute atomic E-state index is 0.0189. The molecule has 3 heterocycles. The summed E-state index contributed by atoms with van der Waals surface area (Å²) in [5, 5.41) is 0.535. The summed E-state index contributed by atoms with van der Waals surface area (Å²) in [6.07, 6.45) is 3.24. The molecule has 0 N–H and O–H groups in total. The van der Waals surface area contributed by atoms with Gasteiger partial charge in [-0.2, -0.15) is 0 Å². The van der Waals surface area contributed by atoms with E-state index < -0.39 is 21.5 Å². The van der Waals surface area contributed by atoms with E-state index in [1.165, 1.54) is 6.20 Å². The molecule has 168 valence electrons. The Morgan fingerprint density at radius 2 is 1.65 bits per heavy atom. The summed E-state index contributed by atoms with van der Waals surface area (Å²) in [5.41, 5.74) is 0.676. The first-order valence-corrected chi connectivity index (χ1v) is 12.4. The van der Waals surface area contributed by atoms with Crippen LogP contribution < -0.4 is 0 Å². The zero-order valence-corrected chi connectivity index (χ0v) is 18.8. The predicted molar refractivity (Wildman–Crippen MR) is 116 cm³/mol. The number of hydrogen-bond acceptors (Lipinski definition) is 5. The van der Waals surface area contributed by atoms with E-state index in [0.717, 1.165) is 25.9 Å². The quantitative estimate of drug-likeness (QED) is 0.696. The zero-order valence-electron chi connectivity index (χ0n) is 18.0. The lowest BCUT2D eigenvalue weighted by atomic mass is 10.2. The highest BCUT2D eigenvalue weighted by Crippen LogP contribution is 2.27. The fourth-order valence-corrected chi connectivity index (χ4v) is 5.98. The van der Waals surface area contributed by atoms with Gasteiger partial charge in [-0.1, -0.05) is 18.2 Å². The molecule has 8 nitrogen and oxygen atoms in total. The molecule has 2 aromatic rings. The first kappa shape index (κ1) is 21.8. The molecule has 0 aliphatic carbocycles. The van der Waals surface area contributed by atoms with Crippen LogP contribution in [0.15, 0.2) is 35.4 Å². The van der Waals surface area contributed by atoms with E-state index in [0.29, 0.717) is 24.0 Å². The molecular formula is C22H29N3O5S. The van der Waals surface area contributed by atoms with Gasteiger partial charge in [0.05, 0.1) is 17.1 Å². The Bertz CT molecular complexity index is 1080. The number of hydrogen-bond donors (Lipinski definition) is 0. The Morgan fingerprint density at radius 1 is 1.00 bits per heavy atom. The normalized spacial score (nSPS) is 22.3. The number of sulfone groups is 1. The van der Waals surface area contributed by atoms with Gasteiger partial charge < -0.3 is 19.1 Å². The third-order valence-electron chi connectivity index (χ3n) is 5.94. The van der Waals surface area contributed by atoms with E-state index in [2.05, 4.69) is 0 Å². The number of nitrogens with zero attached hydrogens (tertiary/aromatic N) is 3. The molecule has 2 aliphatic rings. The molecule has 2 saturated heterocycles. The molecule has 2 amide bonds. The topological polar surface area (TPSA) is 88.9 Å². The smallest absolute Gasteiger partial charge is 0.242 e. The van der Waals surface area contributed by atoms with Crippen LogP contribution in [0.2, 0.25) is 0 Å². The van der Waals surface area contributed by atoms with Crippen LogP contribution in [0.1, 0.15) is 26.7 Å². The van der Waals surface area contributed by atoms with Crippen LogP contribution >= 0.6 is 0 Å². The van der Waals surface area contributed by atoms with Crippen molar-refractivity contribution in [2.75, 3.05) is 31.9 Å². The molecule has 4 rings (SSSR count). The lowest BCUT2D eigenvalue weighted by Gasteiger charge is -2.35. The van der Waals surface area contributed by atoms with Gasteiger partial charge in [-0.25, -0.2) is 8.42 Å². The van der Waals surface area contributed by atoms with Gasteiger partial charge in [-0.15, -0.1) is 0 Å². The van der Waals surface area contributed by atoms with E-state index >= 15 is 0 Å². The summed E-state index contributed by atoms with van der Waals surface area (Å²) < 4.78 is 33.8. The molecule has 0 unspecified atom stereocenters. The van der Waals surface area contributed by atoms with Crippen molar-refractivity contribution in [3.05, 3.63) is 30.5 Å². The van der Waals surface area contributed by atoms with Crippen molar-refractivity contribution in [1.29, 1.82) is 0 Å². The Kier molecular flexibility index (Phi) is 6.07. The Balaban J connectivity index is 1.59. The van der Waals surface area contributed by atoms with Gasteiger partial charge in [0.1, 0.15) is 12.3 Å². The van der Waals surface area contributed by atoms with Gasteiger partial charge >= 0.3 is 0 Å². The van der Waals surface area contributed by atoms with Crippen molar-refractivity contribution in [1.82, 2.24) is 14.4 Å². The minimum Gasteiger partial charge on any atom is -0.372 e. The van der Waals surface area contributed by atoms with Crippen molar-refractivity contribution < 1.29 is 22.7 Å². The van der Waals surface area contributed by atoms with Crippen LogP contribution in [0.5, 0.6) is 0 Å². The number of carbonyl (C=O) groups is 2. The maximum Gasteiger partial charge on any atom is 0.242 e. The lowest BCUT2D eigenvalue weighted by molar-refractivity contribution is -0.140. The molecule has 2 atom stereocenters. The van der Waals surface area contributed by atoms with E-state index in [-0.39, 0.29) is 29.6 Å². The number of aromatic nitrogens is 1. The van der Waals surface area contributed by atoms with Gasteiger partial charge in [0.2, 0.25) is 11.8 Å². The Labute approximate surface area is 182 Å². The molecule has 2 fully saturated rings. The monoisotopic (exact) mass is 447 g/mol. The average molecular weight is 448 g/mol. The van der Waals surface area contributed by atoms with Crippen molar-refractivity contribution in [3.63, 3.8) is 0 Å². The van der Waals surface area contributed by atoms with Gasteiger partial charge in [-0.3, -0.25) is 9.59 Å². The first-order chi connectivity index (χ1) is 14.7. The first-order valence-electron chi connectivity index (χ1n) is 10.8. The minimum atomic E-state index is -3.88. The fourth-order valence-electron chi connectivity index (χ4n) is 4.52. The summed E-state index contributed by atoms with van der Waals surface area (Å²) in [5.74, 6) is -1.04. The van der Waals surface area contributed by atoms with Crippen LogP contribution in [0.25, 0.3) is 10.9 Å². The number of benzene rings is 1. The third-order valence-corrected chi connectivity index (χ3v) is 7.56. The van der Waals surface area contributed by atoms with Crippen molar-refractivity contribution >= 4 is 32.6 Å². The van der Waals surface area contributed by atoms with E-state index in [4.69, 9.17) is 4.74 Å². The second kappa shape index (κ2) is 8.63. The molecular weight excluding hydrogens is 418 g/mol. The second-order valence-electron chi connectivity index (χ2n) is 8.54. The molecule has 1 aromatic carbocycles. The zero-order chi connectivity index (χ0) is 22.2. The second-order valence-corrected chi connectivity index (χ2v) is 10.5. The molecule has 31 heavy (non-hydrogen) atoms. The average Bonchev–Trinajstić information content (AvgIpc) is 3.36. The molecule has 2 aliphatic heterocycles. The summed E-state index contributed by atoms with van der Waals surface area (Å²) in [4.78, 5) is 28.9. The van der Waals surface area contributed by atoms with Gasteiger partial charge in [-0.05, 0) is 32.8 Å². The maximum absolute atomic E-state index is 13.2. The third kappa shape index (κ3) is 4.62. The van der Waals surface area contributed by atoms with Gasteiger partial charge in [0.15, 0.2) is 9.84 Å². The molecule has 0 saturated carbocycles. The van der Waals surface area contributed by atoms with Crippen molar-refractivity contribution in [2.45, 2.75) is 50.3 Å². The van der Waals surface area contributed by atoms with Crippen molar-refractivity contribution in [2.24, 2.45) is 0 Å². The number of amides is 2. The van der Waals surface area contributed by atoms with Crippen LogP contribution in [0.3, 0.4) is 0 Å². The summed E-state index contributed by atoms with van der Waals surface area (Å²) >= 11 is 0. The highest BCUT2D eigenvalue weighted by atomic mass is 32.2. The Morgan fingerprint density at radius 3 is 2.32 bits per heavy atom. The number of fused-ring (bicyclic) bond motifs is 1. The highest BCUT2D eigenvalue weighted by Gasteiger charge is 2.31. The summed E-state index contributed by atoms with van der Waals surface area (Å²) in [7, 11) is -3.88. The molecule has 1 aromatic heterocycles. The standard InChI is InChI=1S/C22H29N3O5S/c1-16-11-25(12-17(2)30-16)22(27)15-31(28,29)20-13-24(19-8-4-3-7-18(19)20)14-21(26)23-9-5-6-10-23/h3-4,7-8,13,16-17H,5-6,9-12,14-15H2,1-2H3/t16-,17-/m0/s1. The number of para-hydroxylation sites is 1.